The van der Waals surface area contributed by atoms with Crippen LogP contribution in [0.1, 0.15) is 12.0 Å². The molecule has 0 aliphatic carbocycles. The number of aliphatic imine (C=N–C) groups is 1. The van der Waals surface area contributed by atoms with Gasteiger partial charge in [0.25, 0.3) is 0 Å². The van der Waals surface area contributed by atoms with Crippen LogP contribution >= 0.6 is 15.9 Å². The van der Waals surface area contributed by atoms with Crippen molar-refractivity contribution >= 4 is 21.9 Å². The second kappa shape index (κ2) is 11.4. The highest BCUT2D eigenvalue weighted by molar-refractivity contribution is 9.10. The first kappa shape index (κ1) is 19.9. The lowest BCUT2D eigenvalue weighted by molar-refractivity contribution is 0.180. The normalized spacial score (nSPS) is 11.8. The number of ether oxygens (including phenoxy) is 1. The molecular formula is C16H26BrFN4O. The van der Waals surface area contributed by atoms with E-state index in [1.807, 2.05) is 6.07 Å². The van der Waals surface area contributed by atoms with Gasteiger partial charge in [0.2, 0.25) is 0 Å². The summed E-state index contributed by atoms with van der Waals surface area (Å²) in [5.41, 5.74) is 0.858. The van der Waals surface area contributed by atoms with Crippen LogP contribution < -0.4 is 10.6 Å². The molecule has 0 aliphatic heterocycles. The maximum atomic E-state index is 13.3. The molecule has 23 heavy (non-hydrogen) atoms. The van der Waals surface area contributed by atoms with Crippen molar-refractivity contribution in [1.82, 2.24) is 15.5 Å². The monoisotopic (exact) mass is 388 g/mol. The number of halogens is 2. The Morgan fingerprint density at radius 3 is 2.74 bits per heavy atom. The summed E-state index contributed by atoms with van der Waals surface area (Å²) in [7, 11) is 5.52. The van der Waals surface area contributed by atoms with Gasteiger partial charge in [-0.15, -0.1) is 0 Å². The van der Waals surface area contributed by atoms with Gasteiger partial charge in [0, 0.05) is 51.4 Å². The molecule has 0 saturated carbocycles. The van der Waals surface area contributed by atoms with Crippen molar-refractivity contribution < 1.29 is 9.13 Å². The summed E-state index contributed by atoms with van der Waals surface area (Å²) in [4.78, 5) is 6.41. The van der Waals surface area contributed by atoms with Gasteiger partial charge < -0.3 is 20.3 Å². The molecule has 0 spiro atoms. The van der Waals surface area contributed by atoms with Crippen molar-refractivity contribution in [3.63, 3.8) is 0 Å². The third kappa shape index (κ3) is 8.88. The van der Waals surface area contributed by atoms with E-state index in [4.69, 9.17) is 4.74 Å². The van der Waals surface area contributed by atoms with E-state index in [1.165, 1.54) is 12.1 Å². The molecule has 0 radical (unpaired) electrons. The highest BCUT2D eigenvalue weighted by atomic mass is 79.9. The fourth-order valence-corrected chi connectivity index (χ4v) is 2.59. The third-order valence-corrected chi connectivity index (χ3v) is 3.74. The van der Waals surface area contributed by atoms with Gasteiger partial charge in [0.1, 0.15) is 5.82 Å². The van der Waals surface area contributed by atoms with E-state index >= 15 is 0 Å². The highest BCUT2D eigenvalue weighted by Crippen LogP contribution is 2.14. The number of hydrogen-bond acceptors (Lipinski definition) is 3. The van der Waals surface area contributed by atoms with Crippen molar-refractivity contribution in [3.05, 3.63) is 34.1 Å². The molecule has 1 aromatic carbocycles. The van der Waals surface area contributed by atoms with Crippen LogP contribution in [0, 0.1) is 5.82 Å². The molecule has 1 rings (SSSR count). The van der Waals surface area contributed by atoms with Crippen LogP contribution in [0.2, 0.25) is 0 Å². The predicted octanol–water partition coefficient (Wildman–Crippen LogP) is 2.22. The molecule has 0 saturated heterocycles. The van der Waals surface area contributed by atoms with E-state index in [0.29, 0.717) is 12.5 Å². The molecule has 7 heteroatoms. The molecule has 0 fully saturated rings. The molecule has 0 aliphatic rings. The lowest BCUT2D eigenvalue weighted by Gasteiger charge is -2.18. The Hall–Kier alpha value is -1.18. The predicted molar refractivity (Wildman–Crippen MR) is 96.3 cm³/mol. The Morgan fingerprint density at radius 1 is 1.30 bits per heavy atom. The summed E-state index contributed by atoms with van der Waals surface area (Å²) >= 11 is 3.29. The Bertz CT molecular complexity index is 479. The minimum atomic E-state index is -0.253. The summed E-state index contributed by atoms with van der Waals surface area (Å²) in [6, 6.07) is 4.83. The minimum absolute atomic E-state index is 0.253. The first-order valence-corrected chi connectivity index (χ1v) is 8.41. The molecule has 0 amide bonds. The molecule has 0 unspecified atom stereocenters. The Balaban J connectivity index is 2.29. The number of guanidine groups is 1. The molecular weight excluding hydrogens is 363 g/mol. The lowest BCUT2D eigenvalue weighted by atomic mass is 10.2. The first-order valence-electron chi connectivity index (χ1n) is 7.62. The average molecular weight is 389 g/mol. The standard InChI is InChI=1S/C16H26BrFN4O/c1-19-16(20-5-7-22(2)6-4-8-23-3)21-12-13-9-14(17)11-15(18)10-13/h9-11H,4-8,12H2,1-3H3,(H2,19,20,21). The van der Waals surface area contributed by atoms with Crippen LogP contribution in [-0.2, 0) is 11.3 Å². The van der Waals surface area contributed by atoms with Gasteiger partial charge in [-0.25, -0.2) is 4.39 Å². The Labute approximate surface area is 146 Å². The topological polar surface area (TPSA) is 48.9 Å². The molecule has 130 valence electrons. The van der Waals surface area contributed by atoms with Crippen molar-refractivity contribution in [1.29, 1.82) is 0 Å². The molecule has 0 aromatic heterocycles. The second-order valence-electron chi connectivity index (χ2n) is 5.28. The van der Waals surface area contributed by atoms with Gasteiger partial charge in [0.15, 0.2) is 5.96 Å². The maximum Gasteiger partial charge on any atom is 0.191 e. The van der Waals surface area contributed by atoms with Crippen LogP contribution in [0.25, 0.3) is 0 Å². The van der Waals surface area contributed by atoms with Crippen LogP contribution in [0.5, 0.6) is 0 Å². The van der Waals surface area contributed by atoms with Crippen molar-refractivity contribution in [2.24, 2.45) is 4.99 Å². The zero-order valence-electron chi connectivity index (χ0n) is 14.0. The van der Waals surface area contributed by atoms with Gasteiger partial charge in [-0.1, -0.05) is 15.9 Å². The molecule has 0 atom stereocenters. The van der Waals surface area contributed by atoms with E-state index in [2.05, 4.69) is 43.5 Å². The quantitative estimate of drug-likeness (QED) is 0.386. The van der Waals surface area contributed by atoms with E-state index in [1.54, 1.807) is 14.2 Å². The minimum Gasteiger partial charge on any atom is -0.385 e. The summed E-state index contributed by atoms with van der Waals surface area (Å²) in [5, 5.41) is 6.43. The summed E-state index contributed by atoms with van der Waals surface area (Å²) < 4.78 is 19.1. The molecule has 5 nitrogen and oxygen atoms in total. The molecule has 0 bridgehead atoms. The SMILES string of the molecule is CN=C(NCCN(C)CCCOC)NCc1cc(F)cc(Br)c1. The highest BCUT2D eigenvalue weighted by Gasteiger charge is 2.03. The van der Waals surface area contributed by atoms with E-state index in [9.17, 15) is 4.39 Å². The summed E-state index contributed by atoms with van der Waals surface area (Å²) in [6.45, 7) is 3.99. The van der Waals surface area contributed by atoms with E-state index < -0.39 is 0 Å². The fourth-order valence-electron chi connectivity index (χ4n) is 2.08. The largest absolute Gasteiger partial charge is 0.385 e. The van der Waals surface area contributed by atoms with Crippen molar-refractivity contribution in [3.8, 4) is 0 Å². The van der Waals surface area contributed by atoms with Crippen LogP contribution in [0.3, 0.4) is 0 Å². The van der Waals surface area contributed by atoms with Gasteiger partial charge in [0.05, 0.1) is 0 Å². The van der Waals surface area contributed by atoms with Crippen molar-refractivity contribution in [2.75, 3.05) is 47.4 Å². The molecule has 1 aromatic rings. The lowest BCUT2D eigenvalue weighted by Crippen LogP contribution is -2.40. The number of nitrogens with one attached hydrogen (secondary N) is 2. The van der Waals surface area contributed by atoms with Crippen LogP contribution in [-0.4, -0.2) is 58.3 Å². The van der Waals surface area contributed by atoms with Gasteiger partial charge >= 0.3 is 0 Å². The van der Waals surface area contributed by atoms with Gasteiger partial charge in [-0.2, -0.15) is 0 Å². The smallest absolute Gasteiger partial charge is 0.191 e. The number of benzene rings is 1. The summed E-state index contributed by atoms with van der Waals surface area (Å²) in [6.07, 6.45) is 1.02. The second-order valence-corrected chi connectivity index (χ2v) is 6.20. The van der Waals surface area contributed by atoms with E-state index in [-0.39, 0.29) is 5.82 Å². The Morgan fingerprint density at radius 2 is 2.09 bits per heavy atom. The van der Waals surface area contributed by atoms with Crippen molar-refractivity contribution in [2.45, 2.75) is 13.0 Å². The third-order valence-electron chi connectivity index (χ3n) is 3.28. The number of methoxy groups -OCH3 is 1. The number of nitrogens with zero attached hydrogens (tertiary/aromatic N) is 2. The maximum absolute atomic E-state index is 13.3. The number of likely N-dealkylation sites (N-methyl/N-ethyl adjacent to an activating group) is 1. The van der Waals surface area contributed by atoms with Crippen LogP contribution in [0.4, 0.5) is 4.39 Å². The molecule has 2 N–H and O–H groups in total. The van der Waals surface area contributed by atoms with Gasteiger partial charge in [-0.3, -0.25) is 4.99 Å². The number of hydrogen-bond donors (Lipinski definition) is 2. The summed E-state index contributed by atoms with van der Waals surface area (Å²) in [5.74, 6) is 0.451. The van der Waals surface area contributed by atoms with Crippen LogP contribution in [0.15, 0.2) is 27.7 Å². The zero-order valence-corrected chi connectivity index (χ0v) is 15.6. The zero-order chi connectivity index (χ0) is 17.1. The van der Waals surface area contributed by atoms with E-state index in [0.717, 1.165) is 42.7 Å². The average Bonchev–Trinajstić information content (AvgIpc) is 2.50. The first-order chi connectivity index (χ1) is 11.0. The fraction of sp³-hybridized carbons (Fsp3) is 0.562. The Kier molecular flexibility index (Phi) is 9.82. The molecule has 0 heterocycles. The van der Waals surface area contributed by atoms with Gasteiger partial charge in [-0.05, 0) is 37.2 Å². The number of rotatable bonds is 9.